The highest BCUT2D eigenvalue weighted by atomic mass is 79.9. The summed E-state index contributed by atoms with van der Waals surface area (Å²) < 4.78 is 8.51. The maximum absolute atomic E-state index is 12.5. The number of hydrogen-bond donors (Lipinski definition) is 0. The lowest BCUT2D eigenvalue weighted by molar-refractivity contribution is -0.135. The Bertz CT molecular complexity index is 499. The number of rotatable bonds is 6. The van der Waals surface area contributed by atoms with Crippen molar-refractivity contribution in [2.75, 3.05) is 26.2 Å². The van der Waals surface area contributed by atoms with E-state index < -0.39 is 0 Å². The SMILES string of the molecule is CCCN1CCOC(C(=O)Cc2c(Br)c(C)nn2CC)C1. The van der Waals surface area contributed by atoms with Crippen LogP contribution in [0.15, 0.2) is 4.47 Å². The summed E-state index contributed by atoms with van der Waals surface area (Å²) in [6, 6.07) is 0. The van der Waals surface area contributed by atoms with Gasteiger partial charge in [-0.1, -0.05) is 6.92 Å². The Morgan fingerprint density at radius 1 is 1.48 bits per heavy atom. The summed E-state index contributed by atoms with van der Waals surface area (Å²) in [6.07, 6.45) is 1.17. The van der Waals surface area contributed by atoms with Gasteiger partial charge in [0, 0.05) is 19.6 Å². The molecule has 0 N–H and O–H groups in total. The highest BCUT2D eigenvalue weighted by molar-refractivity contribution is 9.10. The zero-order valence-corrected chi connectivity index (χ0v) is 14.6. The number of halogens is 1. The predicted octanol–water partition coefficient (Wildman–Crippen LogP) is 2.20. The molecular weight excluding hydrogens is 334 g/mol. The van der Waals surface area contributed by atoms with Crippen LogP contribution < -0.4 is 0 Å². The van der Waals surface area contributed by atoms with Crippen LogP contribution >= 0.6 is 15.9 Å². The standard InChI is InChI=1S/C15H24BrN3O2/c1-4-6-18-7-8-21-14(10-18)13(20)9-12-15(16)11(3)17-19(12)5-2/h14H,4-10H2,1-3H3. The molecule has 0 spiro atoms. The number of ether oxygens (including phenoxy) is 1. The third-order valence-corrected chi connectivity index (χ3v) is 4.88. The van der Waals surface area contributed by atoms with Gasteiger partial charge >= 0.3 is 0 Å². The topological polar surface area (TPSA) is 47.4 Å². The van der Waals surface area contributed by atoms with E-state index in [1.807, 2.05) is 18.5 Å². The number of nitrogens with zero attached hydrogens (tertiary/aromatic N) is 3. The summed E-state index contributed by atoms with van der Waals surface area (Å²) in [5.74, 6) is 0.145. The van der Waals surface area contributed by atoms with Gasteiger partial charge in [0.15, 0.2) is 5.78 Å². The second-order valence-electron chi connectivity index (χ2n) is 5.46. The minimum Gasteiger partial charge on any atom is -0.368 e. The molecule has 0 bridgehead atoms. The van der Waals surface area contributed by atoms with Crippen LogP contribution in [-0.4, -0.2) is 52.8 Å². The molecule has 1 saturated heterocycles. The van der Waals surface area contributed by atoms with Crippen LogP contribution in [0.5, 0.6) is 0 Å². The molecule has 0 radical (unpaired) electrons. The van der Waals surface area contributed by atoms with E-state index in [0.29, 0.717) is 19.6 Å². The quantitative estimate of drug-likeness (QED) is 0.782. The van der Waals surface area contributed by atoms with E-state index in [1.54, 1.807) is 0 Å². The van der Waals surface area contributed by atoms with E-state index in [0.717, 1.165) is 41.9 Å². The third-order valence-electron chi connectivity index (χ3n) is 3.84. The number of aryl methyl sites for hydroxylation is 2. The van der Waals surface area contributed by atoms with Gasteiger partial charge in [-0.15, -0.1) is 0 Å². The normalized spacial score (nSPS) is 19.9. The molecule has 0 aliphatic carbocycles. The van der Waals surface area contributed by atoms with Crippen LogP contribution in [0.1, 0.15) is 31.7 Å². The number of carbonyl (C=O) groups is 1. The molecule has 21 heavy (non-hydrogen) atoms. The van der Waals surface area contributed by atoms with Crippen LogP contribution in [0.25, 0.3) is 0 Å². The van der Waals surface area contributed by atoms with Gasteiger partial charge in [-0.3, -0.25) is 14.4 Å². The van der Waals surface area contributed by atoms with Gasteiger partial charge in [0.2, 0.25) is 0 Å². The van der Waals surface area contributed by atoms with Crippen LogP contribution in [0.3, 0.4) is 0 Å². The number of Topliss-reactive ketones (excluding diaryl/α,β-unsaturated/α-hetero) is 1. The third kappa shape index (κ3) is 3.93. The first kappa shape index (κ1) is 16.6. The van der Waals surface area contributed by atoms with E-state index >= 15 is 0 Å². The molecule has 2 rings (SSSR count). The molecular formula is C15H24BrN3O2. The molecule has 1 aliphatic heterocycles. The summed E-state index contributed by atoms with van der Waals surface area (Å²) >= 11 is 3.54. The summed E-state index contributed by atoms with van der Waals surface area (Å²) in [5, 5.41) is 4.44. The average Bonchev–Trinajstić information content (AvgIpc) is 2.75. The molecule has 2 heterocycles. The van der Waals surface area contributed by atoms with E-state index in [-0.39, 0.29) is 11.9 Å². The Hall–Kier alpha value is -0.720. The highest BCUT2D eigenvalue weighted by Gasteiger charge is 2.27. The fourth-order valence-electron chi connectivity index (χ4n) is 2.73. The Kier molecular flexibility index (Phi) is 5.96. The minimum absolute atomic E-state index is 0.145. The molecule has 1 aromatic rings. The Morgan fingerprint density at radius 2 is 2.24 bits per heavy atom. The zero-order chi connectivity index (χ0) is 15.4. The molecule has 1 atom stereocenters. The molecule has 118 valence electrons. The van der Waals surface area contributed by atoms with Crippen molar-refractivity contribution in [1.82, 2.24) is 14.7 Å². The van der Waals surface area contributed by atoms with Gasteiger partial charge in [-0.25, -0.2) is 0 Å². The van der Waals surface area contributed by atoms with Gasteiger partial charge < -0.3 is 4.74 Å². The van der Waals surface area contributed by atoms with Crippen LogP contribution in [0, 0.1) is 6.92 Å². The second kappa shape index (κ2) is 7.51. The first-order chi connectivity index (χ1) is 10.1. The van der Waals surface area contributed by atoms with Crippen molar-refractivity contribution in [2.24, 2.45) is 0 Å². The summed E-state index contributed by atoms with van der Waals surface area (Å²) in [6.45, 7) is 10.2. The molecule has 1 unspecified atom stereocenters. The predicted molar refractivity (Wildman–Crippen MR) is 85.5 cm³/mol. The summed E-state index contributed by atoms with van der Waals surface area (Å²) in [7, 11) is 0. The van der Waals surface area contributed by atoms with E-state index in [1.165, 1.54) is 0 Å². The molecule has 0 aromatic carbocycles. The monoisotopic (exact) mass is 357 g/mol. The van der Waals surface area contributed by atoms with Crippen molar-refractivity contribution in [2.45, 2.75) is 46.3 Å². The lowest BCUT2D eigenvalue weighted by Gasteiger charge is -2.31. The van der Waals surface area contributed by atoms with Gasteiger partial charge in [-0.05, 0) is 42.7 Å². The van der Waals surface area contributed by atoms with Crippen LogP contribution in [0.4, 0.5) is 0 Å². The molecule has 5 nitrogen and oxygen atoms in total. The second-order valence-corrected chi connectivity index (χ2v) is 6.26. The maximum Gasteiger partial charge on any atom is 0.168 e. The number of aromatic nitrogens is 2. The molecule has 1 aromatic heterocycles. The van der Waals surface area contributed by atoms with Gasteiger partial charge in [0.25, 0.3) is 0 Å². The average molecular weight is 358 g/mol. The van der Waals surface area contributed by atoms with Crippen LogP contribution in [-0.2, 0) is 22.5 Å². The largest absolute Gasteiger partial charge is 0.368 e. The first-order valence-corrected chi connectivity index (χ1v) is 8.44. The Balaban J connectivity index is 2.04. The Morgan fingerprint density at radius 3 is 2.90 bits per heavy atom. The number of hydrogen-bond acceptors (Lipinski definition) is 4. The van der Waals surface area contributed by atoms with Gasteiger partial charge in [0.05, 0.1) is 28.9 Å². The molecule has 1 aliphatic rings. The van der Waals surface area contributed by atoms with Gasteiger partial charge in [-0.2, -0.15) is 5.10 Å². The molecule has 0 amide bonds. The summed E-state index contributed by atoms with van der Waals surface area (Å²) in [5.41, 5.74) is 1.88. The summed E-state index contributed by atoms with van der Waals surface area (Å²) in [4.78, 5) is 14.8. The van der Waals surface area contributed by atoms with Crippen molar-refractivity contribution >= 4 is 21.7 Å². The van der Waals surface area contributed by atoms with E-state index in [2.05, 4.69) is 32.9 Å². The minimum atomic E-state index is -0.308. The fraction of sp³-hybridized carbons (Fsp3) is 0.733. The van der Waals surface area contributed by atoms with Crippen molar-refractivity contribution in [3.8, 4) is 0 Å². The smallest absolute Gasteiger partial charge is 0.168 e. The first-order valence-electron chi connectivity index (χ1n) is 7.65. The zero-order valence-electron chi connectivity index (χ0n) is 13.1. The van der Waals surface area contributed by atoms with Crippen molar-refractivity contribution < 1.29 is 9.53 Å². The molecule has 0 saturated carbocycles. The van der Waals surface area contributed by atoms with Crippen molar-refractivity contribution in [3.05, 3.63) is 15.9 Å². The van der Waals surface area contributed by atoms with Crippen molar-refractivity contribution in [3.63, 3.8) is 0 Å². The molecule has 6 heteroatoms. The Labute approximate surface area is 134 Å². The lowest BCUT2D eigenvalue weighted by Crippen LogP contribution is -2.46. The molecule has 1 fully saturated rings. The van der Waals surface area contributed by atoms with Crippen molar-refractivity contribution in [1.29, 1.82) is 0 Å². The van der Waals surface area contributed by atoms with Gasteiger partial charge in [0.1, 0.15) is 6.10 Å². The number of carbonyl (C=O) groups excluding carboxylic acids is 1. The number of ketones is 1. The fourth-order valence-corrected chi connectivity index (χ4v) is 3.16. The lowest BCUT2D eigenvalue weighted by atomic mass is 10.1. The highest BCUT2D eigenvalue weighted by Crippen LogP contribution is 2.22. The van der Waals surface area contributed by atoms with E-state index in [9.17, 15) is 4.79 Å². The maximum atomic E-state index is 12.5. The van der Waals surface area contributed by atoms with Crippen LogP contribution in [0.2, 0.25) is 0 Å². The van der Waals surface area contributed by atoms with E-state index in [4.69, 9.17) is 4.74 Å². The number of morpholine rings is 1.